The van der Waals surface area contributed by atoms with Crippen molar-refractivity contribution in [2.24, 2.45) is 0 Å². The molecule has 0 saturated heterocycles. The lowest BCUT2D eigenvalue weighted by Gasteiger charge is -2.18. The third-order valence-electron chi connectivity index (χ3n) is 1.90. The van der Waals surface area contributed by atoms with Gasteiger partial charge in [0.1, 0.15) is 5.76 Å². The van der Waals surface area contributed by atoms with Crippen molar-refractivity contribution in [1.82, 2.24) is 0 Å². The van der Waals surface area contributed by atoms with Gasteiger partial charge >= 0.3 is 0 Å². The number of allylic oxidation sites excluding steroid dienone is 4. The predicted molar refractivity (Wildman–Crippen MR) is 53.1 cm³/mol. The Morgan fingerprint density at radius 1 is 1.38 bits per heavy atom. The van der Waals surface area contributed by atoms with Gasteiger partial charge in [0.15, 0.2) is 0 Å². The van der Waals surface area contributed by atoms with Gasteiger partial charge in [0.2, 0.25) is 0 Å². The van der Waals surface area contributed by atoms with Crippen molar-refractivity contribution in [3.63, 3.8) is 0 Å². The maximum atomic E-state index is 5.23. The minimum Gasteiger partial charge on any atom is -0.500 e. The average Bonchev–Trinajstić information content (AvgIpc) is 2.19. The average molecular weight is 179 g/mol. The number of hydrogen-bond acceptors (Lipinski definition) is 2. The summed E-state index contributed by atoms with van der Waals surface area (Å²) in [4.78, 5) is 0. The van der Waals surface area contributed by atoms with Crippen molar-refractivity contribution in [2.75, 3.05) is 14.2 Å². The molecule has 0 heterocycles. The molecule has 0 saturated carbocycles. The zero-order valence-electron chi connectivity index (χ0n) is 8.28. The zero-order valence-corrected chi connectivity index (χ0v) is 8.28. The molecule has 1 radical (unpaired) electrons. The molecule has 0 aliphatic heterocycles. The molecule has 0 amide bonds. The first-order chi connectivity index (χ1) is 6.31. The molecule has 71 valence electrons. The Kier molecular flexibility index (Phi) is 3.77. The highest BCUT2D eigenvalue weighted by Gasteiger charge is 2.15. The monoisotopic (exact) mass is 179 g/mol. The Balaban J connectivity index is 2.80. The summed E-state index contributed by atoms with van der Waals surface area (Å²) >= 11 is 0. The van der Waals surface area contributed by atoms with Crippen LogP contribution in [0.4, 0.5) is 0 Å². The van der Waals surface area contributed by atoms with Gasteiger partial charge in [-0.15, -0.1) is 0 Å². The van der Waals surface area contributed by atoms with Crippen LogP contribution in [-0.2, 0) is 9.47 Å². The van der Waals surface area contributed by atoms with Crippen molar-refractivity contribution in [1.29, 1.82) is 0 Å². The van der Waals surface area contributed by atoms with Crippen LogP contribution in [0.2, 0.25) is 0 Å². The van der Waals surface area contributed by atoms with Crippen molar-refractivity contribution in [3.8, 4) is 0 Å². The van der Waals surface area contributed by atoms with Crippen molar-refractivity contribution in [2.45, 2.75) is 13.0 Å². The quantitative estimate of drug-likeness (QED) is 0.661. The predicted octanol–water partition coefficient (Wildman–Crippen LogP) is 2.25. The first-order valence-electron chi connectivity index (χ1n) is 4.28. The molecule has 0 bridgehead atoms. The lowest BCUT2D eigenvalue weighted by atomic mass is 10.0. The normalized spacial score (nSPS) is 22.8. The van der Waals surface area contributed by atoms with Crippen molar-refractivity contribution < 1.29 is 9.47 Å². The van der Waals surface area contributed by atoms with E-state index in [1.54, 1.807) is 14.2 Å². The van der Waals surface area contributed by atoms with Gasteiger partial charge in [0, 0.05) is 12.7 Å². The maximum Gasteiger partial charge on any atom is 0.110 e. The minimum absolute atomic E-state index is 0.0314. The largest absolute Gasteiger partial charge is 0.500 e. The molecule has 13 heavy (non-hydrogen) atoms. The van der Waals surface area contributed by atoms with Crippen LogP contribution in [-0.4, -0.2) is 20.3 Å². The van der Waals surface area contributed by atoms with Gasteiger partial charge in [0.05, 0.1) is 19.6 Å². The molecule has 0 spiro atoms. The lowest BCUT2D eigenvalue weighted by Crippen LogP contribution is -2.14. The molecule has 1 atom stereocenters. The van der Waals surface area contributed by atoms with E-state index in [4.69, 9.17) is 9.47 Å². The first-order valence-corrected chi connectivity index (χ1v) is 4.28. The Hall–Kier alpha value is -1.02. The maximum absolute atomic E-state index is 5.23. The standard InChI is InChI=1S/C11H15O2/c1-4-5-9-6-7-10(12-2)8-11(9)13-3/h4-8,10H,1-3H3. The van der Waals surface area contributed by atoms with Crippen LogP contribution in [0.5, 0.6) is 0 Å². The topological polar surface area (TPSA) is 18.5 Å². The summed E-state index contributed by atoms with van der Waals surface area (Å²) in [6, 6.07) is 0. The summed E-state index contributed by atoms with van der Waals surface area (Å²) in [5, 5.41) is 0. The van der Waals surface area contributed by atoms with Crippen LogP contribution < -0.4 is 0 Å². The van der Waals surface area contributed by atoms with E-state index in [1.807, 2.05) is 37.6 Å². The minimum atomic E-state index is 0.0314. The zero-order chi connectivity index (χ0) is 9.68. The van der Waals surface area contributed by atoms with E-state index in [9.17, 15) is 0 Å². The Morgan fingerprint density at radius 3 is 2.69 bits per heavy atom. The smallest absolute Gasteiger partial charge is 0.110 e. The molecule has 0 fully saturated rings. The SMILES string of the molecule is CC=CC1=C(OC)[CH]C(OC)C=C1. The third-order valence-corrected chi connectivity index (χ3v) is 1.90. The van der Waals surface area contributed by atoms with E-state index in [1.165, 1.54) is 0 Å². The second kappa shape index (κ2) is 4.87. The van der Waals surface area contributed by atoms with E-state index in [2.05, 4.69) is 0 Å². The van der Waals surface area contributed by atoms with E-state index in [-0.39, 0.29) is 6.10 Å². The van der Waals surface area contributed by atoms with E-state index in [0.29, 0.717) is 0 Å². The molecule has 0 aromatic heterocycles. The van der Waals surface area contributed by atoms with Crippen LogP contribution in [0.1, 0.15) is 6.92 Å². The van der Waals surface area contributed by atoms with Crippen molar-refractivity contribution in [3.05, 3.63) is 42.1 Å². The summed E-state index contributed by atoms with van der Waals surface area (Å²) in [6.45, 7) is 1.98. The van der Waals surface area contributed by atoms with Crippen LogP contribution >= 0.6 is 0 Å². The van der Waals surface area contributed by atoms with Crippen molar-refractivity contribution >= 4 is 0 Å². The highest BCUT2D eigenvalue weighted by molar-refractivity contribution is 5.41. The molecule has 1 rings (SSSR count). The molecule has 0 aromatic carbocycles. The number of rotatable bonds is 3. The van der Waals surface area contributed by atoms with E-state index in [0.717, 1.165) is 11.3 Å². The number of hydrogen-bond donors (Lipinski definition) is 0. The molecular formula is C11H15O2. The first kappa shape index (κ1) is 10.1. The van der Waals surface area contributed by atoms with Crippen LogP contribution in [0, 0.1) is 6.42 Å². The fourth-order valence-electron chi connectivity index (χ4n) is 1.23. The number of ether oxygens (including phenoxy) is 2. The van der Waals surface area contributed by atoms with Gasteiger partial charge < -0.3 is 9.47 Å². The Labute approximate surface area is 79.5 Å². The molecule has 1 aliphatic carbocycles. The molecular weight excluding hydrogens is 164 g/mol. The highest BCUT2D eigenvalue weighted by atomic mass is 16.5. The van der Waals surface area contributed by atoms with Crippen LogP contribution in [0.15, 0.2) is 35.6 Å². The van der Waals surface area contributed by atoms with Gasteiger partial charge in [-0.25, -0.2) is 0 Å². The van der Waals surface area contributed by atoms with Gasteiger partial charge in [0.25, 0.3) is 0 Å². The molecule has 1 aliphatic rings. The molecule has 2 nitrogen and oxygen atoms in total. The van der Waals surface area contributed by atoms with Gasteiger partial charge in [-0.05, 0) is 6.92 Å². The second-order valence-corrected chi connectivity index (χ2v) is 2.75. The van der Waals surface area contributed by atoms with Gasteiger partial charge in [-0.1, -0.05) is 24.3 Å². The summed E-state index contributed by atoms with van der Waals surface area (Å²) < 4.78 is 10.4. The lowest BCUT2D eigenvalue weighted by molar-refractivity contribution is 0.154. The molecule has 1 unspecified atom stereocenters. The summed E-state index contributed by atoms with van der Waals surface area (Å²) in [5.74, 6) is 0.868. The second-order valence-electron chi connectivity index (χ2n) is 2.75. The number of methoxy groups -OCH3 is 2. The fourth-order valence-corrected chi connectivity index (χ4v) is 1.23. The van der Waals surface area contributed by atoms with E-state index >= 15 is 0 Å². The highest BCUT2D eigenvalue weighted by Crippen LogP contribution is 2.21. The van der Waals surface area contributed by atoms with Crippen LogP contribution in [0.3, 0.4) is 0 Å². The molecule has 0 aromatic rings. The Bertz CT molecular complexity index is 249. The summed E-state index contributed by atoms with van der Waals surface area (Å²) in [7, 11) is 3.35. The molecule has 2 heteroatoms. The summed E-state index contributed by atoms with van der Waals surface area (Å²) in [5.41, 5.74) is 1.08. The van der Waals surface area contributed by atoms with Gasteiger partial charge in [-0.2, -0.15) is 0 Å². The van der Waals surface area contributed by atoms with Gasteiger partial charge in [-0.3, -0.25) is 0 Å². The fraction of sp³-hybridized carbons (Fsp3) is 0.364. The summed E-state index contributed by atoms with van der Waals surface area (Å²) in [6.07, 6.45) is 9.99. The van der Waals surface area contributed by atoms with E-state index < -0.39 is 0 Å². The Morgan fingerprint density at radius 2 is 2.15 bits per heavy atom. The van der Waals surface area contributed by atoms with Crippen LogP contribution in [0.25, 0.3) is 0 Å². The third kappa shape index (κ3) is 2.46. The molecule has 0 N–H and O–H groups in total.